The maximum atomic E-state index is 10.5. The molecule has 0 bridgehead atoms. The first kappa shape index (κ1) is 10.7. The van der Waals surface area contributed by atoms with Crippen LogP contribution in [0, 0.1) is 0 Å². The Bertz CT molecular complexity index is 344. The van der Waals surface area contributed by atoms with Crippen molar-refractivity contribution in [2.45, 2.75) is 42.2 Å². The molecule has 1 fully saturated rings. The summed E-state index contributed by atoms with van der Waals surface area (Å²) in [5.41, 5.74) is 1.33. The van der Waals surface area contributed by atoms with Crippen LogP contribution in [-0.4, -0.2) is 11.5 Å². The van der Waals surface area contributed by atoms with Gasteiger partial charge in [-0.05, 0) is 30.4 Å². The van der Waals surface area contributed by atoms with E-state index in [0.717, 1.165) is 11.5 Å². The van der Waals surface area contributed by atoms with Gasteiger partial charge in [-0.2, -0.15) is 0 Å². The summed E-state index contributed by atoms with van der Waals surface area (Å²) < 4.78 is 0. The molecule has 0 aliphatic heterocycles. The van der Waals surface area contributed by atoms with Gasteiger partial charge in [-0.1, -0.05) is 25.1 Å². The van der Waals surface area contributed by atoms with Crippen molar-refractivity contribution in [3.8, 4) is 0 Å². The summed E-state index contributed by atoms with van der Waals surface area (Å²) in [5, 5.41) is 0.828. The Labute approximate surface area is 95.3 Å². The van der Waals surface area contributed by atoms with Crippen LogP contribution in [0.4, 0.5) is 0 Å². The van der Waals surface area contributed by atoms with Gasteiger partial charge in [0.1, 0.15) is 6.29 Å². The molecule has 1 atom stereocenters. The minimum atomic E-state index is 0.352. The highest BCUT2D eigenvalue weighted by Crippen LogP contribution is 2.42. The minimum Gasteiger partial charge on any atom is -0.303 e. The van der Waals surface area contributed by atoms with Crippen LogP contribution >= 0.6 is 11.8 Å². The van der Waals surface area contributed by atoms with Crippen molar-refractivity contribution < 1.29 is 4.79 Å². The average molecular weight is 220 g/mol. The summed E-state index contributed by atoms with van der Waals surface area (Å²) in [6.07, 6.45) is 4.34. The van der Waals surface area contributed by atoms with Crippen molar-refractivity contribution >= 4 is 18.0 Å². The van der Waals surface area contributed by atoms with Crippen LogP contribution in [0.1, 0.15) is 37.7 Å². The van der Waals surface area contributed by atoms with E-state index in [2.05, 4.69) is 31.2 Å². The van der Waals surface area contributed by atoms with Crippen LogP contribution in [0.2, 0.25) is 0 Å². The van der Waals surface area contributed by atoms with E-state index in [0.29, 0.717) is 12.3 Å². The van der Waals surface area contributed by atoms with E-state index in [1.807, 2.05) is 11.8 Å². The van der Waals surface area contributed by atoms with Crippen molar-refractivity contribution in [3.05, 3.63) is 29.8 Å². The lowest BCUT2D eigenvalue weighted by Crippen LogP contribution is -1.96. The summed E-state index contributed by atoms with van der Waals surface area (Å²) in [6, 6.07) is 8.48. The number of carbonyl (C=O) groups is 1. The van der Waals surface area contributed by atoms with Gasteiger partial charge >= 0.3 is 0 Å². The molecular formula is C13H16OS. The topological polar surface area (TPSA) is 17.1 Å². The van der Waals surface area contributed by atoms with Crippen LogP contribution in [0.5, 0.6) is 0 Å². The predicted octanol–water partition coefficient (Wildman–Crippen LogP) is 3.63. The van der Waals surface area contributed by atoms with Gasteiger partial charge in [0.05, 0.1) is 0 Å². The fourth-order valence-corrected chi connectivity index (χ4v) is 2.93. The predicted molar refractivity (Wildman–Crippen MR) is 64.4 cm³/mol. The largest absolute Gasteiger partial charge is 0.303 e. The second-order valence-electron chi connectivity index (χ2n) is 4.16. The zero-order chi connectivity index (χ0) is 10.7. The molecule has 1 unspecified atom stereocenters. The van der Waals surface area contributed by atoms with Crippen molar-refractivity contribution in [1.82, 2.24) is 0 Å². The number of benzene rings is 1. The molecule has 1 aliphatic rings. The molecule has 1 saturated carbocycles. The molecule has 2 heteroatoms. The molecule has 0 radical (unpaired) electrons. The molecule has 1 aromatic rings. The zero-order valence-corrected chi connectivity index (χ0v) is 9.80. The first-order valence-electron chi connectivity index (χ1n) is 5.50. The van der Waals surface area contributed by atoms with E-state index >= 15 is 0 Å². The van der Waals surface area contributed by atoms with Crippen molar-refractivity contribution in [2.24, 2.45) is 0 Å². The molecular weight excluding hydrogens is 204 g/mol. The summed E-state index contributed by atoms with van der Waals surface area (Å²) in [7, 11) is 0. The smallest absolute Gasteiger partial charge is 0.120 e. The third-order valence-electron chi connectivity index (χ3n) is 2.72. The Morgan fingerprint density at radius 1 is 1.47 bits per heavy atom. The van der Waals surface area contributed by atoms with Gasteiger partial charge in [0.25, 0.3) is 0 Å². The molecule has 0 spiro atoms. The molecule has 1 aliphatic carbocycles. The number of hydrogen-bond acceptors (Lipinski definition) is 2. The Morgan fingerprint density at radius 3 is 2.87 bits per heavy atom. The summed E-state index contributed by atoms with van der Waals surface area (Å²) in [4.78, 5) is 11.9. The van der Waals surface area contributed by atoms with Gasteiger partial charge in [-0.3, -0.25) is 0 Å². The van der Waals surface area contributed by atoms with Gasteiger partial charge in [0.15, 0.2) is 0 Å². The van der Waals surface area contributed by atoms with Gasteiger partial charge < -0.3 is 4.79 Å². The van der Waals surface area contributed by atoms with Crippen LogP contribution < -0.4 is 0 Å². The van der Waals surface area contributed by atoms with Crippen LogP contribution in [-0.2, 0) is 4.79 Å². The summed E-state index contributed by atoms with van der Waals surface area (Å²) in [5.74, 6) is 0.352. The third-order valence-corrected chi connectivity index (χ3v) is 4.15. The number of hydrogen-bond donors (Lipinski definition) is 0. The van der Waals surface area contributed by atoms with E-state index in [-0.39, 0.29) is 0 Å². The lowest BCUT2D eigenvalue weighted by molar-refractivity contribution is -0.108. The number of rotatable bonds is 5. The first-order valence-corrected chi connectivity index (χ1v) is 6.38. The first-order chi connectivity index (χ1) is 7.31. The number of aldehydes is 1. The summed E-state index contributed by atoms with van der Waals surface area (Å²) in [6.45, 7) is 2.13. The SMILES string of the molecule is CC(CC=O)c1ccccc1SC1CC1. The number of thioether (sulfide) groups is 1. The van der Waals surface area contributed by atoms with E-state index in [1.54, 1.807) is 0 Å². The Hall–Kier alpha value is -0.760. The molecule has 80 valence electrons. The maximum absolute atomic E-state index is 10.5. The monoisotopic (exact) mass is 220 g/mol. The molecule has 1 nitrogen and oxygen atoms in total. The normalized spacial score (nSPS) is 17.4. The third kappa shape index (κ3) is 2.85. The minimum absolute atomic E-state index is 0.352. The standard InChI is InChI=1S/C13H16OS/c1-10(8-9-14)12-4-2-3-5-13(12)15-11-6-7-11/h2-5,9-11H,6-8H2,1H3. The van der Waals surface area contributed by atoms with E-state index in [9.17, 15) is 4.79 Å². The lowest BCUT2D eigenvalue weighted by atomic mass is 9.99. The second kappa shape index (κ2) is 4.84. The fourth-order valence-electron chi connectivity index (χ4n) is 1.63. The van der Waals surface area contributed by atoms with Gasteiger partial charge in [-0.15, -0.1) is 11.8 Å². The highest BCUT2D eigenvalue weighted by molar-refractivity contribution is 8.00. The average Bonchev–Trinajstić information content (AvgIpc) is 3.03. The zero-order valence-electron chi connectivity index (χ0n) is 8.98. The van der Waals surface area contributed by atoms with Crippen molar-refractivity contribution in [2.75, 3.05) is 0 Å². The van der Waals surface area contributed by atoms with Crippen LogP contribution in [0.3, 0.4) is 0 Å². The highest BCUT2D eigenvalue weighted by atomic mass is 32.2. The van der Waals surface area contributed by atoms with Gasteiger partial charge in [-0.25, -0.2) is 0 Å². The van der Waals surface area contributed by atoms with Crippen LogP contribution in [0.15, 0.2) is 29.2 Å². The molecule has 0 aromatic heterocycles. The Morgan fingerprint density at radius 2 is 2.20 bits per heavy atom. The highest BCUT2D eigenvalue weighted by Gasteiger charge is 2.24. The Balaban J connectivity index is 2.15. The second-order valence-corrected chi connectivity index (χ2v) is 5.50. The number of carbonyl (C=O) groups excluding carboxylic acids is 1. The molecule has 15 heavy (non-hydrogen) atoms. The van der Waals surface area contributed by atoms with Crippen molar-refractivity contribution in [1.29, 1.82) is 0 Å². The van der Waals surface area contributed by atoms with Crippen LogP contribution in [0.25, 0.3) is 0 Å². The molecule has 0 saturated heterocycles. The molecule has 0 heterocycles. The van der Waals surface area contributed by atoms with Gasteiger partial charge in [0.2, 0.25) is 0 Å². The fraction of sp³-hybridized carbons (Fsp3) is 0.462. The van der Waals surface area contributed by atoms with Gasteiger partial charge in [0, 0.05) is 16.6 Å². The molecule has 0 amide bonds. The molecule has 0 N–H and O–H groups in total. The maximum Gasteiger partial charge on any atom is 0.120 e. The molecule has 1 aromatic carbocycles. The van der Waals surface area contributed by atoms with E-state index in [4.69, 9.17) is 0 Å². The Kier molecular flexibility index (Phi) is 3.47. The summed E-state index contributed by atoms with van der Waals surface area (Å²) >= 11 is 1.97. The van der Waals surface area contributed by atoms with Crippen molar-refractivity contribution in [3.63, 3.8) is 0 Å². The molecule has 2 rings (SSSR count). The quantitative estimate of drug-likeness (QED) is 0.705. The lowest BCUT2D eigenvalue weighted by Gasteiger charge is -2.13. The van der Waals surface area contributed by atoms with E-state index < -0.39 is 0 Å². The van der Waals surface area contributed by atoms with E-state index in [1.165, 1.54) is 23.3 Å².